The fourth-order valence-corrected chi connectivity index (χ4v) is 1.59. The third kappa shape index (κ3) is 3.89. The minimum Gasteiger partial charge on any atom is -0.497 e. The molecule has 0 spiro atoms. The molecule has 0 fully saturated rings. The molecular formula is C10H10F3IO. The Balaban J connectivity index is 2.65. The van der Waals surface area contributed by atoms with E-state index in [2.05, 4.69) is 0 Å². The van der Waals surface area contributed by atoms with Gasteiger partial charge < -0.3 is 4.74 Å². The zero-order valence-electron chi connectivity index (χ0n) is 8.01. The molecule has 0 aromatic heterocycles. The maximum absolute atomic E-state index is 12.2. The van der Waals surface area contributed by atoms with Crippen LogP contribution in [-0.2, 0) is 6.42 Å². The number of ether oxygens (including phenoxy) is 1. The summed E-state index contributed by atoms with van der Waals surface area (Å²) in [5.41, 5.74) is 0.660. The molecule has 0 aliphatic carbocycles. The average Bonchev–Trinajstić information content (AvgIpc) is 2.17. The Labute approximate surface area is 99.8 Å². The highest BCUT2D eigenvalue weighted by Gasteiger charge is 2.37. The summed E-state index contributed by atoms with van der Waals surface area (Å²) in [4.78, 5) is 0. The molecule has 0 aliphatic heterocycles. The van der Waals surface area contributed by atoms with Gasteiger partial charge in [0.25, 0.3) is 0 Å². The maximum atomic E-state index is 12.2. The summed E-state index contributed by atoms with van der Waals surface area (Å²) >= 11 is 1.41. The fourth-order valence-electron chi connectivity index (χ4n) is 1.08. The van der Waals surface area contributed by atoms with Gasteiger partial charge in [0.2, 0.25) is 0 Å². The number of alkyl halides is 4. The Hall–Kier alpha value is -0.460. The van der Waals surface area contributed by atoms with Crippen molar-refractivity contribution >= 4 is 22.6 Å². The van der Waals surface area contributed by atoms with Crippen LogP contribution in [0, 0.1) is 0 Å². The predicted octanol–water partition coefficient (Wildman–Crippen LogP) is 3.60. The topological polar surface area (TPSA) is 9.23 Å². The van der Waals surface area contributed by atoms with Crippen molar-refractivity contribution in [1.82, 2.24) is 0 Å². The summed E-state index contributed by atoms with van der Waals surface area (Å²) in [7, 11) is 1.52. The standard InChI is InChI=1S/C10H10F3IO/c1-15-8-4-2-7(3-5-8)6-9(14)10(11,12)13/h2-5,9H,6H2,1H3. The van der Waals surface area contributed by atoms with Crippen LogP contribution in [0.5, 0.6) is 5.75 Å². The van der Waals surface area contributed by atoms with E-state index in [1.54, 1.807) is 24.3 Å². The average molecular weight is 330 g/mol. The molecule has 1 nitrogen and oxygen atoms in total. The quantitative estimate of drug-likeness (QED) is 0.608. The highest BCUT2D eigenvalue weighted by molar-refractivity contribution is 14.1. The molecule has 1 aromatic rings. The zero-order chi connectivity index (χ0) is 11.5. The van der Waals surface area contributed by atoms with Gasteiger partial charge in [0.05, 0.1) is 7.11 Å². The van der Waals surface area contributed by atoms with Crippen molar-refractivity contribution in [3.05, 3.63) is 29.8 Å². The second-order valence-electron chi connectivity index (χ2n) is 3.06. The molecule has 0 saturated heterocycles. The lowest BCUT2D eigenvalue weighted by molar-refractivity contribution is -0.124. The van der Waals surface area contributed by atoms with Crippen molar-refractivity contribution in [2.75, 3.05) is 7.11 Å². The molecule has 0 radical (unpaired) electrons. The highest BCUT2D eigenvalue weighted by Crippen LogP contribution is 2.29. The third-order valence-electron chi connectivity index (χ3n) is 1.93. The molecule has 84 valence electrons. The summed E-state index contributed by atoms with van der Waals surface area (Å²) in [5, 5.41) is 0. The van der Waals surface area contributed by atoms with Crippen LogP contribution >= 0.6 is 22.6 Å². The molecule has 0 bridgehead atoms. The second kappa shape index (κ2) is 5.05. The van der Waals surface area contributed by atoms with Gasteiger partial charge in [-0.25, -0.2) is 0 Å². The van der Waals surface area contributed by atoms with Gasteiger partial charge in [-0.15, -0.1) is 0 Å². The minimum atomic E-state index is -4.14. The van der Waals surface area contributed by atoms with E-state index in [9.17, 15) is 13.2 Å². The first kappa shape index (κ1) is 12.6. The number of methoxy groups -OCH3 is 1. The first-order valence-corrected chi connectivity index (χ1v) is 5.52. The van der Waals surface area contributed by atoms with Crippen LogP contribution in [0.1, 0.15) is 5.56 Å². The van der Waals surface area contributed by atoms with Gasteiger partial charge in [-0.05, 0) is 24.1 Å². The first-order valence-electron chi connectivity index (χ1n) is 4.27. The van der Waals surface area contributed by atoms with Gasteiger partial charge in [0.1, 0.15) is 9.67 Å². The smallest absolute Gasteiger partial charge is 0.400 e. The van der Waals surface area contributed by atoms with Crippen molar-refractivity contribution in [2.24, 2.45) is 0 Å². The molecule has 0 amide bonds. The lowest BCUT2D eigenvalue weighted by Crippen LogP contribution is -2.24. The number of halogens is 4. The minimum absolute atomic E-state index is 0.00590. The van der Waals surface area contributed by atoms with Crippen molar-refractivity contribution < 1.29 is 17.9 Å². The van der Waals surface area contributed by atoms with Crippen LogP contribution in [0.2, 0.25) is 0 Å². The molecule has 0 saturated carbocycles. The molecular weight excluding hydrogens is 320 g/mol. The second-order valence-corrected chi connectivity index (χ2v) is 4.56. The Bertz CT molecular complexity index is 307. The number of hydrogen-bond donors (Lipinski definition) is 0. The van der Waals surface area contributed by atoms with E-state index >= 15 is 0 Å². The summed E-state index contributed by atoms with van der Waals surface area (Å²) in [6, 6.07) is 6.62. The van der Waals surface area contributed by atoms with Gasteiger partial charge in [0, 0.05) is 0 Å². The Kier molecular flexibility index (Phi) is 4.24. The molecule has 1 aromatic carbocycles. The predicted molar refractivity (Wildman–Crippen MR) is 60.6 cm³/mol. The van der Waals surface area contributed by atoms with Gasteiger partial charge in [-0.3, -0.25) is 0 Å². The number of hydrogen-bond acceptors (Lipinski definition) is 1. The van der Waals surface area contributed by atoms with Crippen molar-refractivity contribution in [3.63, 3.8) is 0 Å². The van der Waals surface area contributed by atoms with E-state index < -0.39 is 10.1 Å². The zero-order valence-corrected chi connectivity index (χ0v) is 10.2. The van der Waals surface area contributed by atoms with Crippen LogP contribution in [0.4, 0.5) is 13.2 Å². The SMILES string of the molecule is COc1ccc(CC(I)C(F)(F)F)cc1. The van der Waals surface area contributed by atoms with Gasteiger partial charge in [0.15, 0.2) is 0 Å². The summed E-state index contributed by atoms with van der Waals surface area (Å²) < 4.78 is 40.3. The molecule has 1 rings (SSSR count). The lowest BCUT2D eigenvalue weighted by Gasteiger charge is -2.13. The van der Waals surface area contributed by atoms with Crippen molar-refractivity contribution in [2.45, 2.75) is 16.5 Å². The number of benzene rings is 1. The molecule has 1 atom stereocenters. The molecule has 15 heavy (non-hydrogen) atoms. The van der Waals surface area contributed by atoms with Gasteiger partial charge in [-0.1, -0.05) is 34.7 Å². The van der Waals surface area contributed by atoms with E-state index in [-0.39, 0.29) is 6.42 Å². The molecule has 0 heterocycles. The van der Waals surface area contributed by atoms with Crippen molar-refractivity contribution in [1.29, 1.82) is 0 Å². The Morgan fingerprint density at radius 3 is 2.20 bits per heavy atom. The largest absolute Gasteiger partial charge is 0.497 e. The highest BCUT2D eigenvalue weighted by atomic mass is 127. The Morgan fingerprint density at radius 2 is 1.80 bits per heavy atom. The third-order valence-corrected chi connectivity index (χ3v) is 3.08. The summed E-state index contributed by atoms with van der Waals surface area (Å²) in [6.45, 7) is 0. The van der Waals surface area contributed by atoms with Gasteiger partial charge in [-0.2, -0.15) is 13.2 Å². The summed E-state index contributed by atoms with van der Waals surface area (Å²) in [6.07, 6.45) is -4.14. The molecule has 1 unspecified atom stereocenters. The molecule has 0 N–H and O–H groups in total. The number of rotatable bonds is 3. The monoisotopic (exact) mass is 330 g/mol. The van der Waals surface area contributed by atoms with E-state index in [1.807, 2.05) is 0 Å². The van der Waals surface area contributed by atoms with Crippen LogP contribution in [0.25, 0.3) is 0 Å². The van der Waals surface area contributed by atoms with Gasteiger partial charge >= 0.3 is 6.18 Å². The Morgan fingerprint density at radius 1 is 1.27 bits per heavy atom. The van der Waals surface area contributed by atoms with E-state index in [4.69, 9.17) is 4.74 Å². The van der Waals surface area contributed by atoms with Crippen LogP contribution in [0.3, 0.4) is 0 Å². The van der Waals surface area contributed by atoms with Crippen LogP contribution in [0.15, 0.2) is 24.3 Å². The summed E-state index contributed by atoms with van der Waals surface area (Å²) in [5.74, 6) is 0.649. The lowest BCUT2D eigenvalue weighted by atomic mass is 10.1. The van der Waals surface area contributed by atoms with Crippen LogP contribution in [-0.4, -0.2) is 17.2 Å². The normalized spacial score (nSPS) is 13.7. The van der Waals surface area contributed by atoms with E-state index in [1.165, 1.54) is 29.7 Å². The molecule has 5 heteroatoms. The van der Waals surface area contributed by atoms with Crippen LogP contribution < -0.4 is 4.74 Å². The molecule has 0 aliphatic rings. The first-order chi connectivity index (χ1) is 6.93. The fraction of sp³-hybridized carbons (Fsp3) is 0.400. The maximum Gasteiger partial charge on any atom is 0.400 e. The van der Waals surface area contributed by atoms with E-state index in [0.29, 0.717) is 11.3 Å². The van der Waals surface area contributed by atoms with E-state index in [0.717, 1.165) is 0 Å². The van der Waals surface area contributed by atoms with Crippen molar-refractivity contribution in [3.8, 4) is 5.75 Å².